The first-order valence-electron chi connectivity index (χ1n) is 11.5. The van der Waals surface area contributed by atoms with E-state index in [0.29, 0.717) is 31.1 Å². The predicted octanol–water partition coefficient (Wildman–Crippen LogP) is 3.64. The molecule has 1 fully saturated rings. The predicted molar refractivity (Wildman–Crippen MR) is 129 cm³/mol. The molecule has 2 aliphatic heterocycles. The summed E-state index contributed by atoms with van der Waals surface area (Å²) in [5, 5.41) is 2.90. The molecule has 2 heterocycles. The van der Waals surface area contributed by atoms with Gasteiger partial charge < -0.3 is 10.2 Å². The number of anilines is 2. The van der Waals surface area contributed by atoms with Gasteiger partial charge in [0.25, 0.3) is 0 Å². The number of rotatable bonds is 5. The maximum atomic E-state index is 13.1. The Kier molecular flexibility index (Phi) is 6.59. The zero-order chi connectivity index (χ0) is 23.8. The molecule has 0 unspecified atom stereocenters. The number of nitrogens with one attached hydrogen (secondary N) is 1. The van der Waals surface area contributed by atoms with E-state index in [-0.39, 0.29) is 29.7 Å². The summed E-state index contributed by atoms with van der Waals surface area (Å²) in [4.78, 5) is 27.1. The largest absolute Gasteiger partial charge is 0.324 e. The fraction of sp³-hybridized carbons (Fsp3) is 0.440. The van der Waals surface area contributed by atoms with Gasteiger partial charge >= 0.3 is 0 Å². The van der Waals surface area contributed by atoms with Crippen LogP contribution < -0.4 is 10.2 Å². The minimum absolute atomic E-state index is 0.116. The molecule has 2 aromatic carbocycles. The van der Waals surface area contributed by atoms with E-state index in [1.807, 2.05) is 32.0 Å². The monoisotopic (exact) mass is 469 g/mol. The molecule has 0 saturated carbocycles. The fourth-order valence-corrected chi connectivity index (χ4v) is 5.97. The highest BCUT2D eigenvalue weighted by molar-refractivity contribution is 7.89. The van der Waals surface area contributed by atoms with Crippen molar-refractivity contribution in [1.82, 2.24) is 4.31 Å². The summed E-state index contributed by atoms with van der Waals surface area (Å²) in [6, 6.07) is 10.7. The number of sulfonamides is 1. The molecule has 1 saturated heterocycles. The number of aryl methyl sites for hydroxylation is 3. The number of hydrogen-bond donors (Lipinski definition) is 1. The van der Waals surface area contributed by atoms with Crippen molar-refractivity contribution in [3.63, 3.8) is 0 Å². The molecule has 4 rings (SSSR count). The van der Waals surface area contributed by atoms with Crippen molar-refractivity contribution in [2.75, 3.05) is 29.9 Å². The molecule has 0 bridgehead atoms. The minimum atomic E-state index is -3.57. The normalized spacial score (nSPS) is 17.7. The van der Waals surface area contributed by atoms with Gasteiger partial charge in [0.2, 0.25) is 21.8 Å². The number of carbonyl (C=O) groups excluding carboxylic acids is 2. The van der Waals surface area contributed by atoms with Gasteiger partial charge in [0.1, 0.15) is 6.54 Å². The molecule has 7 nitrogen and oxygen atoms in total. The highest BCUT2D eigenvalue weighted by Crippen LogP contribution is 2.32. The Balaban J connectivity index is 1.54. The van der Waals surface area contributed by atoms with Crippen LogP contribution in [-0.2, 0) is 26.0 Å². The molecule has 2 amide bonds. The summed E-state index contributed by atoms with van der Waals surface area (Å²) in [6.45, 7) is 6.96. The van der Waals surface area contributed by atoms with Crippen molar-refractivity contribution < 1.29 is 18.0 Å². The molecular formula is C25H31N3O4S. The molecule has 2 aliphatic rings. The van der Waals surface area contributed by atoms with Crippen LogP contribution in [-0.4, -0.2) is 44.2 Å². The van der Waals surface area contributed by atoms with Crippen LogP contribution in [0.1, 0.15) is 42.9 Å². The lowest BCUT2D eigenvalue weighted by Crippen LogP contribution is -2.41. The number of nitrogens with zero attached hydrogens (tertiary/aromatic N) is 2. The Morgan fingerprint density at radius 1 is 1.06 bits per heavy atom. The van der Waals surface area contributed by atoms with Gasteiger partial charge in [-0.05, 0) is 80.0 Å². The third-order valence-corrected chi connectivity index (χ3v) is 8.49. The first kappa shape index (κ1) is 23.4. The average Bonchev–Trinajstić information content (AvgIpc) is 2.78. The van der Waals surface area contributed by atoms with Gasteiger partial charge in [0.15, 0.2) is 0 Å². The summed E-state index contributed by atoms with van der Waals surface area (Å²) >= 11 is 0. The van der Waals surface area contributed by atoms with Gasteiger partial charge in [0.05, 0.1) is 4.90 Å². The van der Waals surface area contributed by atoms with Crippen molar-refractivity contribution in [2.24, 2.45) is 5.92 Å². The van der Waals surface area contributed by atoms with E-state index in [2.05, 4.69) is 12.2 Å². The molecule has 0 atom stereocenters. The van der Waals surface area contributed by atoms with Gasteiger partial charge in [0, 0.05) is 30.9 Å². The fourth-order valence-electron chi connectivity index (χ4n) is 4.45. The number of benzene rings is 2. The first-order valence-corrected chi connectivity index (χ1v) is 12.9. The number of hydrogen-bond acceptors (Lipinski definition) is 4. The molecule has 2 aromatic rings. The van der Waals surface area contributed by atoms with Crippen LogP contribution in [0.4, 0.5) is 11.4 Å². The number of carbonyl (C=O) groups is 2. The van der Waals surface area contributed by atoms with Gasteiger partial charge in [-0.1, -0.05) is 19.1 Å². The Bertz CT molecular complexity index is 1180. The maximum absolute atomic E-state index is 13.1. The topological polar surface area (TPSA) is 86.8 Å². The lowest BCUT2D eigenvalue weighted by molar-refractivity contribution is -0.121. The Labute approximate surface area is 195 Å². The van der Waals surface area contributed by atoms with E-state index < -0.39 is 10.0 Å². The molecule has 176 valence electrons. The van der Waals surface area contributed by atoms with Gasteiger partial charge in [-0.3, -0.25) is 9.59 Å². The molecule has 0 aromatic heterocycles. The minimum Gasteiger partial charge on any atom is -0.324 e. The van der Waals surface area contributed by atoms with Crippen molar-refractivity contribution in [3.8, 4) is 0 Å². The van der Waals surface area contributed by atoms with E-state index in [1.165, 1.54) is 4.90 Å². The van der Waals surface area contributed by atoms with Crippen LogP contribution >= 0.6 is 0 Å². The Hall–Kier alpha value is -2.71. The lowest BCUT2D eigenvalue weighted by Gasteiger charge is -2.31. The third kappa shape index (κ3) is 4.96. The maximum Gasteiger partial charge on any atom is 0.244 e. The van der Waals surface area contributed by atoms with Crippen LogP contribution in [0, 0.1) is 19.8 Å². The quantitative estimate of drug-likeness (QED) is 0.724. The van der Waals surface area contributed by atoms with Crippen LogP contribution in [0.25, 0.3) is 0 Å². The molecule has 8 heteroatoms. The molecular weight excluding hydrogens is 438 g/mol. The standard InChI is InChI=1S/C25H31N3O4S/c1-17-10-12-27(13-11-17)33(31,32)21-7-8-23-20(15-21)6-9-25(30)28(23)16-24(29)26-22-14-18(2)4-5-19(22)3/h4-5,7-8,14-15,17H,6,9-13,16H2,1-3H3,(H,26,29). The van der Waals surface area contributed by atoms with Crippen LogP contribution in [0.3, 0.4) is 0 Å². The van der Waals surface area contributed by atoms with E-state index in [9.17, 15) is 18.0 Å². The summed E-state index contributed by atoms with van der Waals surface area (Å²) in [7, 11) is -3.57. The van der Waals surface area contributed by atoms with Crippen molar-refractivity contribution in [3.05, 3.63) is 53.1 Å². The van der Waals surface area contributed by atoms with Gasteiger partial charge in [-0.2, -0.15) is 4.31 Å². The number of amides is 2. The van der Waals surface area contributed by atoms with E-state index in [4.69, 9.17) is 0 Å². The smallest absolute Gasteiger partial charge is 0.244 e. The van der Waals surface area contributed by atoms with Crippen molar-refractivity contribution in [1.29, 1.82) is 0 Å². The second-order valence-electron chi connectivity index (χ2n) is 9.22. The molecule has 0 spiro atoms. The SMILES string of the molecule is Cc1ccc(C)c(NC(=O)CN2C(=O)CCc3cc(S(=O)(=O)N4CCC(C)CC4)ccc32)c1. The highest BCUT2D eigenvalue weighted by atomic mass is 32.2. The number of piperidine rings is 1. The zero-order valence-corrected chi connectivity index (χ0v) is 20.2. The average molecular weight is 470 g/mol. The number of fused-ring (bicyclic) bond motifs is 1. The lowest BCUT2D eigenvalue weighted by atomic mass is 10.0. The van der Waals surface area contributed by atoms with Gasteiger partial charge in [-0.25, -0.2) is 8.42 Å². The molecule has 0 aliphatic carbocycles. The van der Waals surface area contributed by atoms with Crippen LogP contribution in [0.2, 0.25) is 0 Å². The Morgan fingerprint density at radius 2 is 1.79 bits per heavy atom. The molecule has 1 N–H and O–H groups in total. The van der Waals surface area contributed by atoms with Crippen molar-refractivity contribution in [2.45, 2.75) is 51.3 Å². The second kappa shape index (κ2) is 9.27. The summed E-state index contributed by atoms with van der Waals surface area (Å²) in [5.41, 5.74) is 4.09. The van der Waals surface area contributed by atoms with Gasteiger partial charge in [-0.15, -0.1) is 0 Å². The summed E-state index contributed by atoms with van der Waals surface area (Å²) in [5.74, 6) is 0.109. The summed E-state index contributed by atoms with van der Waals surface area (Å²) in [6.07, 6.45) is 2.43. The molecule has 33 heavy (non-hydrogen) atoms. The zero-order valence-electron chi connectivity index (χ0n) is 19.4. The van der Waals surface area contributed by atoms with E-state index in [1.54, 1.807) is 22.5 Å². The van der Waals surface area contributed by atoms with Crippen molar-refractivity contribution >= 4 is 33.2 Å². The van der Waals surface area contributed by atoms with E-state index in [0.717, 1.165) is 35.2 Å². The van der Waals surface area contributed by atoms with Crippen LogP contribution in [0.5, 0.6) is 0 Å². The summed E-state index contributed by atoms with van der Waals surface area (Å²) < 4.78 is 27.8. The second-order valence-corrected chi connectivity index (χ2v) is 11.2. The third-order valence-electron chi connectivity index (χ3n) is 6.60. The van der Waals surface area contributed by atoms with Crippen LogP contribution in [0.15, 0.2) is 41.3 Å². The Morgan fingerprint density at radius 3 is 2.52 bits per heavy atom. The van der Waals surface area contributed by atoms with E-state index >= 15 is 0 Å². The highest BCUT2D eigenvalue weighted by Gasteiger charge is 2.31. The first-order chi connectivity index (χ1) is 15.6. The molecule has 0 radical (unpaired) electrons.